The molecule has 1 spiro atoms. The molecule has 2 aliphatic rings. The number of carbonyl (C=O) groups excluding carboxylic acids is 2. The fourth-order valence-electron chi connectivity index (χ4n) is 4.85. The molecule has 0 bridgehead atoms. The SMILES string of the molecule is CC1CCCC2(C1)N=C(c1cccc(Cl)c1)C(=O)N2Cc1ccc(C(=O)NCCC(=O)O)cc1. The van der Waals surface area contributed by atoms with Gasteiger partial charge in [-0.05, 0) is 55.0 Å². The average molecular weight is 482 g/mol. The zero-order chi connectivity index (χ0) is 24.3. The number of benzene rings is 2. The summed E-state index contributed by atoms with van der Waals surface area (Å²) < 4.78 is 0. The predicted octanol–water partition coefficient (Wildman–Crippen LogP) is 4.28. The topological polar surface area (TPSA) is 99.1 Å². The van der Waals surface area contributed by atoms with E-state index in [9.17, 15) is 14.4 Å². The monoisotopic (exact) mass is 481 g/mol. The number of aliphatic imine (C=N–C) groups is 1. The number of rotatable bonds is 7. The highest BCUT2D eigenvalue weighted by Crippen LogP contribution is 2.42. The third-order valence-electron chi connectivity index (χ3n) is 6.50. The third kappa shape index (κ3) is 5.14. The molecular formula is C26H28ClN3O4. The Hall–Kier alpha value is -3.19. The summed E-state index contributed by atoms with van der Waals surface area (Å²) in [7, 11) is 0. The maximum Gasteiger partial charge on any atom is 0.305 e. The van der Waals surface area contributed by atoms with Crippen molar-refractivity contribution in [2.75, 3.05) is 6.54 Å². The molecule has 2 unspecified atom stereocenters. The lowest BCUT2D eigenvalue weighted by molar-refractivity contribution is -0.136. The van der Waals surface area contributed by atoms with E-state index in [1.165, 1.54) is 0 Å². The van der Waals surface area contributed by atoms with E-state index in [0.717, 1.165) is 36.8 Å². The Morgan fingerprint density at radius 1 is 1.24 bits per heavy atom. The van der Waals surface area contributed by atoms with Crippen molar-refractivity contribution in [3.05, 3.63) is 70.2 Å². The van der Waals surface area contributed by atoms with Crippen molar-refractivity contribution < 1.29 is 19.5 Å². The first-order chi connectivity index (χ1) is 16.3. The highest BCUT2D eigenvalue weighted by molar-refractivity contribution is 6.47. The minimum atomic E-state index is -0.962. The van der Waals surface area contributed by atoms with Crippen molar-refractivity contribution in [3.63, 3.8) is 0 Å². The molecule has 1 aliphatic heterocycles. The van der Waals surface area contributed by atoms with Gasteiger partial charge in [0.1, 0.15) is 11.4 Å². The van der Waals surface area contributed by atoms with Crippen LogP contribution in [0.2, 0.25) is 5.02 Å². The van der Waals surface area contributed by atoms with Gasteiger partial charge >= 0.3 is 5.97 Å². The van der Waals surface area contributed by atoms with Crippen molar-refractivity contribution in [1.82, 2.24) is 10.2 Å². The van der Waals surface area contributed by atoms with E-state index in [1.54, 1.807) is 24.3 Å². The van der Waals surface area contributed by atoms with Crippen LogP contribution < -0.4 is 5.32 Å². The van der Waals surface area contributed by atoms with Crippen LogP contribution in [-0.2, 0) is 16.1 Å². The van der Waals surface area contributed by atoms with E-state index in [1.807, 2.05) is 29.2 Å². The number of carboxylic acid groups (broad SMARTS) is 1. The summed E-state index contributed by atoms with van der Waals surface area (Å²) in [4.78, 5) is 43.4. The average Bonchev–Trinajstić information content (AvgIpc) is 3.05. The number of carboxylic acids is 1. The summed E-state index contributed by atoms with van der Waals surface area (Å²) in [6, 6.07) is 14.3. The van der Waals surface area contributed by atoms with Gasteiger partial charge in [-0.25, -0.2) is 0 Å². The van der Waals surface area contributed by atoms with E-state index < -0.39 is 11.6 Å². The smallest absolute Gasteiger partial charge is 0.305 e. The molecular weight excluding hydrogens is 454 g/mol. The van der Waals surface area contributed by atoms with Gasteiger partial charge in [0.05, 0.1) is 6.42 Å². The Morgan fingerprint density at radius 3 is 2.68 bits per heavy atom. The van der Waals surface area contributed by atoms with Crippen molar-refractivity contribution >= 4 is 35.1 Å². The first kappa shape index (κ1) is 24.0. The van der Waals surface area contributed by atoms with Crippen molar-refractivity contribution in [2.45, 2.75) is 51.2 Å². The van der Waals surface area contributed by atoms with E-state index in [2.05, 4.69) is 12.2 Å². The molecule has 0 saturated heterocycles. The normalized spacial score (nSPS) is 22.1. The maximum absolute atomic E-state index is 13.6. The molecule has 0 radical (unpaired) electrons. The number of carbonyl (C=O) groups is 3. The van der Waals surface area contributed by atoms with E-state index in [-0.39, 0.29) is 24.8 Å². The van der Waals surface area contributed by atoms with Gasteiger partial charge in [0, 0.05) is 29.2 Å². The van der Waals surface area contributed by atoms with Crippen LogP contribution in [0.1, 0.15) is 60.5 Å². The predicted molar refractivity (Wildman–Crippen MR) is 130 cm³/mol. The molecule has 2 amide bonds. The van der Waals surface area contributed by atoms with Gasteiger partial charge in [-0.1, -0.05) is 49.2 Å². The van der Waals surface area contributed by atoms with Crippen LogP contribution >= 0.6 is 11.6 Å². The molecule has 2 N–H and O–H groups in total. The molecule has 1 fully saturated rings. The lowest BCUT2D eigenvalue weighted by Crippen LogP contribution is -2.48. The van der Waals surface area contributed by atoms with Gasteiger partial charge in [-0.15, -0.1) is 0 Å². The third-order valence-corrected chi connectivity index (χ3v) is 6.73. The van der Waals surface area contributed by atoms with Gasteiger partial charge in [-0.2, -0.15) is 0 Å². The first-order valence-electron chi connectivity index (χ1n) is 11.5. The largest absolute Gasteiger partial charge is 0.481 e. The number of nitrogens with one attached hydrogen (secondary N) is 1. The van der Waals surface area contributed by atoms with Crippen LogP contribution in [-0.4, -0.2) is 45.7 Å². The lowest BCUT2D eigenvalue weighted by atomic mass is 9.81. The van der Waals surface area contributed by atoms with Crippen molar-refractivity contribution in [2.24, 2.45) is 10.9 Å². The summed E-state index contributed by atoms with van der Waals surface area (Å²) in [6.07, 6.45) is 3.63. The van der Waals surface area contributed by atoms with Crippen molar-refractivity contribution in [3.8, 4) is 0 Å². The number of halogens is 1. The van der Waals surface area contributed by atoms with Crippen LogP contribution in [0.15, 0.2) is 53.5 Å². The van der Waals surface area contributed by atoms with Crippen LogP contribution in [0.5, 0.6) is 0 Å². The molecule has 2 atom stereocenters. The van der Waals surface area contributed by atoms with E-state index >= 15 is 0 Å². The van der Waals surface area contributed by atoms with Crippen LogP contribution in [0, 0.1) is 5.92 Å². The molecule has 7 nitrogen and oxygen atoms in total. The molecule has 8 heteroatoms. The molecule has 1 aliphatic carbocycles. The molecule has 34 heavy (non-hydrogen) atoms. The molecule has 178 valence electrons. The second-order valence-corrected chi connectivity index (χ2v) is 9.58. The highest BCUT2D eigenvalue weighted by Gasteiger charge is 2.48. The summed E-state index contributed by atoms with van der Waals surface area (Å²) >= 11 is 6.18. The summed E-state index contributed by atoms with van der Waals surface area (Å²) in [6.45, 7) is 2.66. The number of nitrogens with zero attached hydrogens (tertiary/aromatic N) is 2. The maximum atomic E-state index is 13.6. The number of hydrogen-bond acceptors (Lipinski definition) is 4. The fraction of sp³-hybridized carbons (Fsp3) is 0.385. The second kappa shape index (κ2) is 9.97. The zero-order valence-electron chi connectivity index (χ0n) is 19.1. The Labute approximate surface area is 203 Å². The number of aliphatic carboxylic acids is 1. The van der Waals surface area contributed by atoms with Gasteiger partial charge in [0.25, 0.3) is 11.8 Å². The van der Waals surface area contributed by atoms with E-state index in [0.29, 0.717) is 28.8 Å². The Morgan fingerprint density at radius 2 is 2.00 bits per heavy atom. The summed E-state index contributed by atoms with van der Waals surface area (Å²) in [5.41, 5.74) is 1.95. The minimum absolute atomic E-state index is 0.0719. The molecule has 4 rings (SSSR count). The number of hydrogen-bond donors (Lipinski definition) is 2. The molecule has 2 aromatic rings. The molecule has 1 saturated carbocycles. The Kier molecular flexibility index (Phi) is 7.03. The minimum Gasteiger partial charge on any atom is -0.481 e. The van der Waals surface area contributed by atoms with Crippen LogP contribution in [0.25, 0.3) is 0 Å². The first-order valence-corrected chi connectivity index (χ1v) is 11.9. The van der Waals surface area contributed by atoms with Gasteiger partial charge in [-0.3, -0.25) is 19.4 Å². The lowest BCUT2D eigenvalue weighted by Gasteiger charge is -2.41. The quantitative estimate of drug-likeness (QED) is 0.616. The van der Waals surface area contributed by atoms with Crippen LogP contribution in [0.3, 0.4) is 0 Å². The van der Waals surface area contributed by atoms with E-state index in [4.69, 9.17) is 21.7 Å². The summed E-state index contributed by atoms with van der Waals surface area (Å²) in [5.74, 6) is -0.930. The fourth-order valence-corrected chi connectivity index (χ4v) is 5.04. The Bertz CT molecular complexity index is 1130. The highest BCUT2D eigenvalue weighted by atomic mass is 35.5. The zero-order valence-corrected chi connectivity index (χ0v) is 19.8. The van der Waals surface area contributed by atoms with Crippen LogP contribution in [0.4, 0.5) is 0 Å². The second-order valence-electron chi connectivity index (χ2n) is 9.14. The van der Waals surface area contributed by atoms with Gasteiger partial charge in [0.2, 0.25) is 0 Å². The van der Waals surface area contributed by atoms with Gasteiger partial charge < -0.3 is 15.3 Å². The molecule has 0 aromatic heterocycles. The Balaban J connectivity index is 1.55. The standard InChI is InChI=1S/C26H28ClN3O4/c1-17-4-3-12-26(15-17)29-23(20-5-2-6-21(27)14-20)25(34)30(26)16-18-7-9-19(10-8-18)24(33)28-13-11-22(31)32/h2,5-10,14,17H,3-4,11-13,15-16H2,1H3,(H,28,33)(H,31,32). The number of amides is 2. The van der Waals surface area contributed by atoms with Crippen molar-refractivity contribution in [1.29, 1.82) is 0 Å². The van der Waals surface area contributed by atoms with Gasteiger partial charge in [0.15, 0.2) is 0 Å². The molecule has 1 heterocycles. The molecule has 2 aromatic carbocycles. The summed E-state index contributed by atoms with van der Waals surface area (Å²) in [5, 5.41) is 11.9.